The molecule has 2 aromatic carbocycles. The maximum absolute atomic E-state index is 12.7. The van der Waals surface area contributed by atoms with Gasteiger partial charge in [-0.1, -0.05) is 43.2 Å². The summed E-state index contributed by atoms with van der Waals surface area (Å²) in [5, 5.41) is 3.10. The maximum atomic E-state index is 12.7. The molecule has 0 fully saturated rings. The number of amides is 1. The molecule has 0 saturated carbocycles. The van der Waals surface area contributed by atoms with E-state index in [0.29, 0.717) is 17.4 Å². The highest BCUT2D eigenvalue weighted by Crippen LogP contribution is 2.25. The Labute approximate surface area is 148 Å². The van der Waals surface area contributed by atoms with Crippen molar-refractivity contribution >= 4 is 17.0 Å². The minimum Gasteiger partial charge on any atom is -0.438 e. The number of nitrogens with one attached hydrogen (secondary N) is 1. The lowest BCUT2D eigenvalue weighted by Gasteiger charge is -2.18. The van der Waals surface area contributed by atoms with Crippen LogP contribution in [0.4, 0.5) is 0 Å². The molecule has 1 amide bonds. The van der Waals surface area contributed by atoms with Crippen molar-refractivity contribution in [3.63, 3.8) is 0 Å². The summed E-state index contributed by atoms with van der Waals surface area (Å²) >= 11 is 0. The first-order chi connectivity index (χ1) is 11.9. The van der Waals surface area contributed by atoms with Gasteiger partial charge in [-0.05, 0) is 50.5 Å². The van der Waals surface area contributed by atoms with E-state index in [1.54, 1.807) is 0 Å². The molecular weight excluding hydrogens is 312 g/mol. The van der Waals surface area contributed by atoms with Gasteiger partial charge in [-0.3, -0.25) is 4.79 Å². The number of carbonyl (C=O) groups excluding carboxylic acids is 1. The van der Waals surface area contributed by atoms with Gasteiger partial charge in [0, 0.05) is 5.56 Å². The van der Waals surface area contributed by atoms with Crippen LogP contribution in [-0.2, 0) is 0 Å². The number of nitrogens with zero attached hydrogens (tertiary/aromatic N) is 1. The van der Waals surface area contributed by atoms with Crippen molar-refractivity contribution in [3.05, 3.63) is 65.0 Å². The van der Waals surface area contributed by atoms with Gasteiger partial charge in [0.05, 0.1) is 0 Å². The molecule has 3 aromatic rings. The van der Waals surface area contributed by atoms with Crippen LogP contribution in [0, 0.1) is 19.8 Å². The summed E-state index contributed by atoms with van der Waals surface area (Å²) in [6.45, 7) is 8.24. The van der Waals surface area contributed by atoms with E-state index < -0.39 is 0 Å². The largest absolute Gasteiger partial charge is 0.438 e. The van der Waals surface area contributed by atoms with Gasteiger partial charge in [-0.2, -0.15) is 0 Å². The molecule has 0 bridgehead atoms. The highest BCUT2D eigenvalue weighted by molar-refractivity contribution is 5.94. The predicted molar refractivity (Wildman–Crippen MR) is 99.6 cm³/mol. The summed E-state index contributed by atoms with van der Waals surface area (Å²) < 4.78 is 5.89. The molecule has 130 valence electrons. The van der Waals surface area contributed by atoms with Crippen LogP contribution in [0.15, 0.2) is 46.9 Å². The summed E-state index contributed by atoms with van der Waals surface area (Å²) in [4.78, 5) is 17.3. The molecule has 0 unspecified atom stereocenters. The molecule has 3 rings (SSSR count). The van der Waals surface area contributed by atoms with Crippen LogP contribution >= 0.6 is 0 Å². The van der Waals surface area contributed by atoms with E-state index in [1.165, 1.54) is 0 Å². The fourth-order valence-electron chi connectivity index (χ4n) is 3.08. The van der Waals surface area contributed by atoms with Gasteiger partial charge < -0.3 is 9.73 Å². The number of para-hydroxylation sites is 2. The molecule has 0 aliphatic carbocycles. The van der Waals surface area contributed by atoms with Crippen molar-refractivity contribution in [1.29, 1.82) is 0 Å². The lowest BCUT2D eigenvalue weighted by atomic mass is 10.0. The average Bonchev–Trinajstić information content (AvgIpc) is 2.96. The third-order valence-corrected chi connectivity index (χ3v) is 4.10. The van der Waals surface area contributed by atoms with Crippen LogP contribution in [0.5, 0.6) is 0 Å². The second-order valence-corrected chi connectivity index (χ2v) is 7.05. The summed E-state index contributed by atoms with van der Waals surface area (Å²) in [5.74, 6) is 0.867. The van der Waals surface area contributed by atoms with Crippen molar-refractivity contribution in [2.75, 3.05) is 0 Å². The fourth-order valence-corrected chi connectivity index (χ4v) is 3.08. The highest BCUT2D eigenvalue weighted by atomic mass is 16.3. The Kier molecular flexibility index (Phi) is 4.88. The summed E-state index contributed by atoms with van der Waals surface area (Å²) in [6, 6.07) is 13.3. The van der Waals surface area contributed by atoms with Gasteiger partial charge in [0.1, 0.15) is 11.6 Å². The smallest absolute Gasteiger partial charge is 0.251 e. The molecule has 25 heavy (non-hydrogen) atoms. The first kappa shape index (κ1) is 17.2. The SMILES string of the molecule is Cc1cc(C)cc(C(=O)N[C@H](CC(C)C)c2nc3ccccc3o2)c1. The first-order valence-electron chi connectivity index (χ1n) is 8.67. The van der Waals surface area contributed by atoms with Crippen LogP contribution in [0.3, 0.4) is 0 Å². The van der Waals surface area contributed by atoms with Crippen LogP contribution in [0.1, 0.15) is 53.7 Å². The Balaban J connectivity index is 1.89. The Bertz CT molecular complexity index is 843. The van der Waals surface area contributed by atoms with Crippen LogP contribution in [-0.4, -0.2) is 10.9 Å². The lowest BCUT2D eigenvalue weighted by Crippen LogP contribution is -2.29. The molecule has 4 heteroatoms. The van der Waals surface area contributed by atoms with E-state index >= 15 is 0 Å². The van der Waals surface area contributed by atoms with E-state index in [0.717, 1.165) is 28.6 Å². The first-order valence-corrected chi connectivity index (χ1v) is 8.67. The Morgan fingerprint density at radius 3 is 2.44 bits per heavy atom. The van der Waals surface area contributed by atoms with Gasteiger partial charge in [0.25, 0.3) is 5.91 Å². The van der Waals surface area contributed by atoms with E-state index in [4.69, 9.17) is 4.42 Å². The Morgan fingerprint density at radius 2 is 1.80 bits per heavy atom. The molecule has 0 radical (unpaired) electrons. The quantitative estimate of drug-likeness (QED) is 0.716. The number of aryl methyl sites for hydroxylation is 2. The average molecular weight is 336 g/mol. The summed E-state index contributed by atoms with van der Waals surface area (Å²) in [7, 11) is 0. The number of aromatic nitrogens is 1. The number of fused-ring (bicyclic) bond motifs is 1. The normalized spacial score (nSPS) is 12.5. The number of hydrogen-bond donors (Lipinski definition) is 1. The molecular formula is C21H24N2O2. The van der Waals surface area contributed by atoms with Crippen molar-refractivity contribution in [1.82, 2.24) is 10.3 Å². The van der Waals surface area contributed by atoms with Crippen molar-refractivity contribution in [2.24, 2.45) is 5.92 Å². The zero-order valence-corrected chi connectivity index (χ0v) is 15.2. The number of oxazole rings is 1. The number of benzene rings is 2. The van der Waals surface area contributed by atoms with Crippen molar-refractivity contribution in [2.45, 2.75) is 40.2 Å². The molecule has 1 N–H and O–H groups in total. The number of carbonyl (C=O) groups is 1. The Hall–Kier alpha value is -2.62. The fraction of sp³-hybridized carbons (Fsp3) is 0.333. The number of hydrogen-bond acceptors (Lipinski definition) is 3. The van der Waals surface area contributed by atoms with Gasteiger partial charge in [0.2, 0.25) is 5.89 Å². The minimum atomic E-state index is -0.249. The van der Waals surface area contributed by atoms with E-state index in [1.807, 2.05) is 50.2 Å². The molecule has 0 saturated heterocycles. The Morgan fingerprint density at radius 1 is 1.12 bits per heavy atom. The van der Waals surface area contributed by atoms with E-state index in [2.05, 4.69) is 30.2 Å². The molecule has 4 nitrogen and oxygen atoms in total. The van der Waals surface area contributed by atoms with Gasteiger partial charge >= 0.3 is 0 Å². The zero-order chi connectivity index (χ0) is 18.0. The molecule has 1 aromatic heterocycles. The van der Waals surface area contributed by atoms with Crippen LogP contribution in [0.25, 0.3) is 11.1 Å². The van der Waals surface area contributed by atoms with Crippen molar-refractivity contribution in [3.8, 4) is 0 Å². The van der Waals surface area contributed by atoms with Crippen molar-refractivity contribution < 1.29 is 9.21 Å². The van der Waals surface area contributed by atoms with Gasteiger partial charge in [-0.25, -0.2) is 4.98 Å². The van der Waals surface area contributed by atoms with Crippen LogP contribution < -0.4 is 5.32 Å². The summed E-state index contributed by atoms with van der Waals surface area (Å²) in [5.41, 5.74) is 4.38. The second kappa shape index (κ2) is 7.09. The molecule has 1 heterocycles. The van der Waals surface area contributed by atoms with Gasteiger partial charge in [0.15, 0.2) is 5.58 Å². The maximum Gasteiger partial charge on any atom is 0.251 e. The second-order valence-electron chi connectivity index (χ2n) is 7.05. The molecule has 0 aliphatic heterocycles. The van der Waals surface area contributed by atoms with E-state index in [-0.39, 0.29) is 11.9 Å². The third kappa shape index (κ3) is 4.08. The third-order valence-electron chi connectivity index (χ3n) is 4.10. The molecule has 1 atom stereocenters. The highest BCUT2D eigenvalue weighted by Gasteiger charge is 2.22. The monoisotopic (exact) mass is 336 g/mol. The molecule has 0 spiro atoms. The number of rotatable bonds is 5. The topological polar surface area (TPSA) is 55.1 Å². The lowest BCUT2D eigenvalue weighted by molar-refractivity contribution is 0.0924. The standard InChI is InChI=1S/C21H24N2O2/c1-13(2)9-18(21-23-17-7-5-6-8-19(17)25-21)22-20(24)16-11-14(3)10-15(4)12-16/h5-8,10-13,18H,9H2,1-4H3,(H,22,24)/t18-/m1/s1. The van der Waals surface area contributed by atoms with E-state index in [9.17, 15) is 4.79 Å². The summed E-state index contributed by atoms with van der Waals surface area (Å²) in [6.07, 6.45) is 0.767. The molecule has 0 aliphatic rings. The van der Waals surface area contributed by atoms with Gasteiger partial charge in [-0.15, -0.1) is 0 Å². The zero-order valence-electron chi connectivity index (χ0n) is 15.2. The van der Waals surface area contributed by atoms with Crippen LogP contribution in [0.2, 0.25) is 0 Å². The predicted octanol–water partition coefficient (Wildman–Crippen LogP) is 4.96. The minimum absolute atomic E-state index is 0.0975.